The highest BCUT2D eigenvalue weighted by Gasteiger charge is 2.21. The van der Waals surface area contributed by atoms with Crippen molar-refractivity contribution in [1.29, 1.82) is 0 Å². The summed E-state index contributed by atoms with van der Waals surface area (Å²) in [6.45, 7) is 5.84. The van der Waals surface area contributed by atoms with Gasteiger partial charge in [-0.25, -0.2) is 9.50 Å². The monoisotopic (exact) mass is 431 g/mol. The lowest BCUT2D eigenvalue weighted by Crippen LogP contribution is -2.30. The number of nitro groups is 1. The number of aryl methyl sites for hydroxylation is 2. The quantitative estimate of drug-likeness (QED) is 0.330. The van der Waals surface area contributed by atoms with E-state index in [1.54, 1.807) is 24.1 Å². The molecule has 0 saturated carbocycles. The lowest BCUT2D eigenvalue weighted by molar-refractivity contribution is -0.384. The van der Waals surface area contributed by atoms with Crippen molar-refractivity contribution >= 4 is 28.1 Å². The summed E-state index contributed by atoms with van der Waals surface area (Å²) in [5.74, 6) is -0.0338. The van der Waals surface area contributed by atoms with Crippen LogP contribution in [0.4, 0.5) is 5.69 Å². The third-order valence-electron chi connectivity index (χ3n) is 6.14. The molecule has 0 aliphatic rings. The second kappa shape index (κ2) is 8.37. The molecule has 164 valence electrons. The van der Waals surface area contributed by atoms with Crippen molar-refractivity contribution in [2.75, 3.05) is 7.05 Å². The van der Waals surface area contributed by atoms with Crippen LogP contribution in [0, 0.1) is 24.0 Å². The average molecular weight is 431 g/mol. The SMILES string of the molecule is Cc1nc2c3ccccc3nn2c(C)c1CCC(=O)N(C)C(C)c1cccc([N+](=O)[O-])c1. The van der Waals surface area contributed by atoms with Crippen LogP contribution in [0.15, 0.2) is 48.5 Å². The maximum atomic E-state index is 12.9. The van der Waals surface area contributed by atoms with Gasteiger partial charge in [0.15, 0.2) is 5.65 Å². The number of fused-ring (bicyclic) bond motifs is 3. The fraction of sp³-hybridized carbons (Fsp3) is 0.292. The fourth-order valence-corrected chi connectivity index (χ4v) is 4.08. The van der Waals surface area contributed by atoms with E-state index in [2.05, 4.69) is 5.10 Å². The molecule has 0 aliphatic heterocycles. The van der Waals surface area contributed by atoms with E-state index in [-0.39, 0.29) is 17.6 Å². The number of hydrogen-bond donors (Lipinski definition) is 0. The van der Waals surface area contributed by atoms with Crippen molar-refractivity contribution < 1.29 is 9.72 Å². The largest absolute Gasteiger partial charge is 0.339 e. The lowest BCUT2D eigenvalue weighted by Gasteiger charge is -2.25. The van der Waals surface area contributed by atoms with Gasteiger partial charge in [0.2, 0.25) is 5.91 Å². The van der Waals surface area contributed by atoms with Crippen LogP contribution >= 0.6 is 0 Å². The van der Waals surface area contributed by atoms with Crippen LogP contribution in [-0.4, -0.2) is 37.4 Å². The Labute approximate surface area is 185 Å². The number of rotatable bonds is 6. The summed E-state index contributed by atoms with van der Waals surface area (Å²) < 4.78 is 1.85. The van der Waals surface area contributed by atoms with Gasteiger partial charge in [0.1, 0.15) is 0 Å². The number of nitrogens with zero attached hydrogens (tertiary/aromatic N) is 5. The van der Waals surface area contributed by atoms with E-state index >= 15 is 0 Å². The van der Waals surface area contributed by atoms with E-state index in [1.807, 2.05) is 49.6 Å². The molecule has 32 heavy (non-hydrogen) atoms. The van der Waals surface area contributed by atoms with Crippen molar-refractivity contribution in [3.63, 3.8) is 0 Å². The van der Waals surface area contributed by atoms with Crippen LogP contribution in [0.25, 0.3) is 16.6 Å². The Morgan fingerprint density at radius 1 is 1.19 bits per heavy atom. The second-order valence-electron chi connectivity index (χ2n) is 8.05. The maximum absolute atomic E-state index is 12.9. The predicted molar refractivity (Wildman–Crippen MR) is 123 cm³/mol. The fourth-order valence-electron chi connectivity index (χ4n) is 4.08. The minimum Gasteiger partial charge on any atom is -0.339 e. The van der Waals surface area contributed by atoms with Crippen LogP contribution in [-0.2, 0) is 11.2 Å². The standard InChI is InChI=1S/C24H25N5O3/c1-15-20(17(3)28-24(25-15)21-10-5-6-11-22(21)26-28)12-13-23(30)27(4)16(2)18-8-7-9-19(14-18)29(31)32/h5-11,14,16H,12-13H2,1-4H3. The van der Waals surface area contributed by atoms with Crippen LogP contribution < -0.4 is 0 Å². The van der Waals surface area contributed by atoms with Gasteiger partial charge < -0.3 is 4.90 Å². The third-order valence-corrected chi connectivity index (χ3v) is 6.14. The van der Waals surface area contributed by atoms with Gasteiger partial charge in [-0.15, -0.1) is 0 Å². The Morgan fingerprint density at radius 3 is 2.69 bits per heavy atom. The van der Waals surface area contributed by atoms with E-state index in [4.69, 9.17) is 4.98 Å². The number of amides is 1. The summed E-state index contributed by atoms with van der Waals surface area (Å²) >= 11 is 0. The van der Waals surface area contributed by atoms with E-state index in [0.29, 0.717) is 12.8 Å². The first kappa shape index (κ1) is 21.4. The molecular weight excluding hydrogens is 406 g/mol. The zero-order valence-electron chi connectivity index (χ0n) is 18.6. The summed E-state index contributed by atoms with van der Waals surface area (Å²) in [4.78, 5) is 30.0. The average Bonchev–Trinajstić information content (AvgIpc) is 3.16. The van der Waals surface area contributed by atoms with Gasteiger partial charge in [0, 0.05) is 42.4 Å². The highest BCUT2D eigenvalue weighted by Crippen LogP contribution is 2.25. The van der Waals surface area contributed by atoms with Crippen molar-refractivity contribution in [3.8, 4) is 0 Å². The van der Waals surface area contributed by atoms with Gasteiger partial charge in [-0.3, -0.25) is 14.9 Å². The molecule has 8 nitrogen and oxygen atoms in total. The van der Waals surface area contributed by atoms with E-state index < -0.39 is 4.92 Å². The minimum atomic E-state index is -0.425. The smallest absolute Gasteiger partial charge is 0.269 e. The normalized spacial score (nSPS) is 12.2. The van der Waals surface area contributed by atoms with E-state index in [9.17, 15) is 14.9 Å². The number of hydrogen-bond acceptors (Lipinski definition) is 5. The van der Waals surface area contributed by atoms with Gasteiger partial charge in [-0.2, -0.15) is 5.10 Å². The molecule has 2 heterocycles. The van der Waals surface area contributed by atoms with Crippen molar-refractivity contribution in [2.24, 2.45) is 0 Å². The molecule has 0 fully saturated rings. The van der Waals surface area contributed by atoms with Gasteiger partial charge in [0.05, 0.1) is 16.5 Å². The predicted octanol–water partition coefficient (Wildman–Crippen LogP) is 4.56. The molecule has 1 unspecified atom stereocenters. The Bertz CT molecular complexity index is 1340. The molecule has 0 saturated heterocycles. The topological polar surface area (TPSA) is 93.6 Å². The summed E-state index contributed by atoms with van der Waals surface area (Å²) in [6, 6.07) is 14.0. The van der Waals surface area contributed by atoms with E-state index in [1.165, 1.54) is 12.1 Å². The third kappa shape index (κ3) is 3.79. The van der Waals surface area contributed by atoms with Gasteiger partial charge in [-0.05, 0) is 50.5 Å². The number of nitro benzene ring substituents is 1. The first-order chi connectivity index (χ1) is 15.3. The summed E-state index contributed by atoms with van der Waals surface area (Å²) in [5, 5.41) is 16.7. The second-order valence-corrected chi connectivity index (χ2v) is 8.05. The van der Waals surface area contributed by atoms with Crippen LogP contribution in [0.2, 0.25) is 0 Å². The van der Waals surface area contributed by atoms with Crippen LogP contribution in [0.5, 0.6) is 0 Å². The molecule has 8 heteroatoms. The zero-order chi connectivity index (χ0) is 23.0. The molecule has 0 aliphatic carbocycles. The molecule has 0 spiro atoms. The van der Waals surface area contributed by atoms with E-state index in [0.717, 1.165) is 39.1 Å². The number of non-ortho nitro benzene ring substituents is 1. The molecule has 4 aromatic rings. The Morgan fingerprint density at radius 2 is 1.94 bits per heavy atom. The zero-order valence-corrected chi connectivity index (χ0v) is 18.6. The minimum absolute atomic E-state index is 0.0208. The molecule has 2 aromatic carbocycles. The number of carbonyl (C=O) groups is 1. The maximum Gasteiger partial charge on any atom is 0.269 e. The van der Waals surface area contributed by atoms with Gasteiger partial charge in [0.25, 0.3) is 5.69 Å². The molecule has 1 atom stereocenters. The number of carbonyl (C=O) groups excluding carboxylic acids is 1. The molecule has 4 rings (SSSR count). The highest BCUT2D eigenvalue weighted by molar-refractivity contribution is 5.92. The molecule has 1 amide bonds. The lowest BCUT2D eigenvalue weighted by atomic mass is 10.0. The van der Waals surface area contributed by atoms with Crippen molar-refractivity contribution in [3.05, 3.63) is 81.2 Å². The molecule has 0 N–H and O–H groups in total. The Balaban J connectivity index is 1.54. The Kier molecular flexibility index (Phi) is 5.61. The summed E-state index contributed by atoms with van der Waals surface area (Å²) in [5.41, 5.74) is 5.34. The van der Waals surface area contributed by atoms with Crippen LogP contribution in [0.3, 0.4) is 0 Å². The summed E-state index contributed by atoms with van der Waals surface area (Å²) in [6.07, 6.45) is 0.854. The summed E-state index contributed by atoms with van der Waals surface area (Å²) in [7, 11) is 1.73. The molecule has 0 bridgehead atoms. The molecular formula is C24H25N5O3. The van der Waals surface area contributed by atoms with Gasteiger partial charge in [-0.1, -0.05) is 24.3 Å². The Hall–Kier alpha value is -3.81. The van der Waals surface area contributed by atoms with Crippen molar-refractivity contribution in [1.82, 2.24) is 19.5 Å². The van der Waals surface area contributed by atoms with Gasteiger partial charge >= 0.3 is 0 Å². The molecule has 0 radical (unpaired) electrons. The van der Waals surface area contributed by atoms with Crippen molar-refractivity contribution in [2.45, 2.75) is 39.7 Å². The first-order valence-electron chi connectivity index (χ1n) is 10.5. The molecule has 2 aromatic heterocycles. The number of aromatic nitrogens is 3. The highest BCUT2D eigenvalue weighted by atomic mass is 16.6. The van der Waals surface area contributed by atoms with Crippen LogP contribution in [0.1, 0.15) is 41.9 Å². The number of benzene rings is 2. The first-order valence-corrected chi connectivity index (χ1v) is 10.5.